The van der Waals surface area contributed by atoms with Gasteiger partial charge in [-0.05, 0) is 37.1 Å². The zero-order valence-electron chi connectivity index (χ0n) is 17.7. The van der Waals surface area contributed by atoms with E-state index in [1.165, 1.54) is 24.4 Å². The zero-order valence-corrected chi connectivity index (χ0v) is 17.7. The summed E-state index contributed by atoms with van der Waals surface area (Å²) in [6.45, 7) is 4.89. The average molecular weight is 431 g/mol. The number of allylic oxidation sites excluding steroid dienone is 2. The maximum absolute atomic E-state index is 14.3. The van der Waals surface area contributed by atoms with E-state index in [-0.39, 0.29) is 40.3 Å². The van der Waals surface area contributed by atoms with Crippen LogP contribution in [-0.2, 0) is 4.74 Å². The third-order valence-electron chi connectivity index (χ3n) is 4.65. The van der Waals surface area contributed by atoms with Crippen molar-refractivity contribution >= 4 is 23.6 Å². The Morgan fingerprint density at radius 1 is 1.16 bits per heavy atom. The molecule has 1 aromatic rings. The number of nitrogens with zero attached hydrogens (tertiary/aromatic N) is 2. The lowest BCUT2D eigenvalue weighted by molar-refractivity contribution is 0.0872. The van der Waals surface area contributed by atoms with Crippen LogP contribution in [0.3, 0.4) is 0 Å². The van der Waals surface area contributed by atoms with Gasteiger partial charge in [-0.2, -0.15) is 0 Å². The Morgan fingerprint density at radius 2 is 1.84 bits per heavy atom. The van der Waals surface area contributed by atoms with Crippen LogP contribution in [0, 0.1) is 28.4 Å². The molecule has 0 unspecified atom stereocenters. The average Bonchev–Trinajstić information content (AvgIpc) is 2.72. The predicted octanol–water partition coefficient (Wildman–Crippen LogP) is 3.34. The number of benzene rings is 1. The first-order valence-corrected chi connectivity index (χ1v) is 9.94. The quantitative estimate of drug-likeness (QED) is 0.300. The fourth-order valence-electron chi connectivity index (χ4n) is 2.70. The lowest BCUT2D eigenvalue weighted by Crippen LogP contribution is -2.20. The predicted molar refractivity (Wildman–Crippen MR) is 120 cm³/mol. The van der Waals surface area contributed by atoms with Crippen LogP contribution in [-0.4, -0.2) is 42.9 Å². The molecule has 1 aliphatic heterocycles. The molecule has 1 fully saturated rings. The van der Waals surface area contributed by atoms with Gasteiger partial charge >= 0.3 is 0 Å². The number of hydrogen-bond acceptors (Lipinski definition) is 5. The number of aliphatic imine (C=N–C) groups is 2. The lowest BCUT2D eigenvalue weighted by Gasteiger charge is -2.18. The topological polar surface area (TPSA) is 134 Å². The fraction of sp³-hybridized carbons (Fsp3) is 0.364. The normalized spacial score (nSPS) is 16.9. The van der Waals surface area contributed by atoms with Gasteiger partial charge in [-0.25, -0.2) is 13.8 Å². The van der Waals surface area contributed by atoms with E-state index in [1.807, 2.05) is 13.8 Å². The molecule has 0 aromatic heterocycles. The summed E-state index contributed by atoms with van der Waals surface area (Å²) in [6.07, 6.45) is 5.61. The van der Waals surface area contributed by atoms with Crippen molar-refractivity contribution in [2.45, 2.75) is 32.7 Å². The molecule has 1 heterocycles. The Bertz CT molecular complexity index is 943. The van der Waals surface area contributed by atoms with E-state index in [9.17, 15) is 8.78 Å². The van der Waals surface area contributed by atoms with Crippen molar-refractivity contribution in [2.75, 3.05) is 13.2 Å². The highest BCUT2D eigenvalue weighted by molar-refractivity contribution is 6.23. The maximum Gasteiger partial charge on any atom is 0.146 e. The molecule has 0 atom stereocenters. The Kier molecular flexibility index (Phi) is 8.75. The molecule has 9 heteroatoms. The van der Waals surface area contributed by atoms with Gasteiger partial charge < -0.3 is 16.2 Å². The molecule has 166 valence electrons. The van der Waals surface area contributed by atoms with Gasteiger partial charge in [0.05, 0.1) is 11.8 Å². The number of nitrogens with one attached hydrogen (secondary N) is 2. The summed E-state index contributed by atoms with van der Waals surface area (Å²) in [5.41, 5.74) is 11.8. The second-order valence-electron chi connectivity index (χ2n) is 7.40. The van der Waals surface area contributed by atoms with Crippen LogP contribution in [0.5, 0.6) is 0 Å². The van der Waals surface area contributed by atoms with Crippen LogP contribution in [0.25, 0.3) is 0 Å². The first-order chi connectivity index (χ1) is 14.7. The van der Waals surface area contributed by atoms with E-state index in [2.05, 4.69) is 9.98 Å². The van der Waals surface area contributed by atoms with Crippen molar-refractivity contribution in [2.24, 2.45) is 27.4 Å². The van der Waals surface area contributed by atoms with E-state index < -0.39 is 11.6 Å². The molecule has 7 nitrogen and oxygen atoms in total. The van der Waals surface area contributed by atoms with Crippen molar-refractivity contribution in [3.05, 3.63) is 58.8 Å². The first kappa shape index (κ1) is 24.1. The first-order valence-electron chi connectivity index (χ1n) is 9.94. The molecule has 0 amide bonds. The van der Waals surface area contributed by atoms with E-state index in [4.69, 9.17) is 27.0 Å². The highest BCUT2D eigenvalue weighted by Gasteiger charge is 2.17. The molecular formula is C22H28F2N6O. The summed E-state index contributed by atoms with van der Waals surface area (Å²) < 4.78 is 32.9. The maximum atomic E-state index is 14.3. The molecule has 31 heavy (non-hydrogen) atoms. The van der Waals surface area contributed by atoms with Crippen LogP contribution in [0.15, 0.2) is 51.6 Å². The number of nitrogens with two attached hydrogens (primary N) is 2. The van der Waals surface area contributed by atoms with Crippen molar-refractivity contribution in [1.82, 2.24) is 0 Å². The number of amidine groups is 2. The van der Waals surface area contributed by atoms with Gasteiger partial charge in [0.2, 0.25) is 0 Å². The van der Waals surface area contributed by atoms with Crippen molar-refractivity contribution in [3.63, 3.8) is 0 Å². The molecule has 0 aliphatic carbocycles. The molecule has 0 radical (unpaired) electrons. The second-order valence-corrected chi connectivity index (χ2v) is 7.40. The minimum absolute atomic E-state index is 0.000123. The van der Waals surface area contributed by atoms with Gasteiger partial charge in [0.1, 0.15) is 23.3 Å². The highest BCUT2D eigenvalue weighted by atomic mass is 19.1. The minimum atomic E-state index is -0.874. The zero-order chi connectivity index (χ0) is 23.0. The largest absolute Gasteiger partial charge is 0.398 e. The molecule has 0 bridgehead atoms. The van der Waals surface area contributed by atoms with Gasteiger partial charge in [0, 0.05) is 48.2 Å². The third kappa shape index (κ3) is 7.21. The van der Waals surface area contributed by atoms with Gasteiger partial charge in [0.15, 0.2) is 0 Å². The molecule has 6 N–H and O–H groups in total. The van der Waals surface area contributed by atoms with Crippen molar-refractivity contribution < 1.29 is 13.5 Å². The molecule has 2 rings (SSSR count). The number of hydrogen-bond donors (Lipinski definition) is 4. The number of ether oxygens (including phenoxy) is 1. The monoisotopic (exact) mass is 430 g/mol. The summed E-state index contributed by atoms with van der Waals surface area (Å²) in [4.78, 5) is 8.45. The lowest BCUT2D eigenvalue weighted by atomic mass is 10.00. The van der Waals surface area contributed by atoms with Crippen molar-refractivity contribution in [1.29, 1.82) is 10.8 Å². The van der Waals surface area contributed by atoms with Crippen LogP contribution in [0.2, 0.25) is 0 Å². The Balaban J connectivity index is 2.38. The van der Waals surface area contributed by atoms with Gasteiger partial charge in [-0.3, -0.25) is 15.8 Å². The second kappa shape index (κ2) is 11.3. The highest BCUT2D eigenvalue weighted by Crippen LogP contribution is 2.17. The fourth-order valence-corrected chi connectivity index (χ4v) is 2.70. The number of rotatable bonds is 7. The Hall–Kier alpha value is -3.20. The van der Waals surface area contributed by atoms with Crippen molar-refractivity contribution in [3.8, 4) is 0 Å². The third-order valence-corrected chi connectivity index (χ3v) is 4.65. The standard InChI is InChI=1S/C22H28F2N6O/c1-13(2)22(28)30-20(26)6-5-19(25)17(12-29-15-7-9-31-10-8-15)21(27)16-4-3-14(23)11-18(16)24/h3-6,11-13,15,27H,7-10,25H2,1-2H3,(H3,26,28,30)/b6-5-,19-17+,27-21?,29-12?. The van der Waals surface area contributed by atoms with Gasteiger partial charge in [0.25, 0.3) is 0 Å². The smallest absolute Gasteiger partial charge is 0.146 e. The van der Waals surface area contributed by atoms with Crippen LogP contribution >= 0.6 is 0 Å². The molecule has 1 saturated heterocycles. The molecule has 0 saturated carbocycles. The summed E-state index contributed by atoms with van der Waals surface area (Å²) >= 11 is 0. The summed E-state index contributed by atoms with van der Waals surface area (Å²) in [5.74, 6) is -1.44. The summed E-state index contributed by atoms with van der Waals surface area (Å²) in [6, 6.07) is 2.97. The molecule has 1 aromatic carbocycles. The number of halogens is 2. The van der Waals surface area contributed by atoms with E-state index in [0.29, 0.717) is 25.1 Å². The van der Waals surface area contributed by atoms with E-state index in [0.717, 1.165) is 18.9 Å². The summed E-state index contributed by atoms with van der Waals surface area (Å²) in [5, 5.41) is 16.4. The van der Waals surface area contributed by atoms with Crippen LogP contribution in [0.4, 0.5) is 8.78 Å². The van der Waals surface area contributed by atoms with Gasteiger partial charge in [-0.15, -0.1) is 0 Å². The minimum Gasteiger partial charge on any atom is -0.398 e. The molecule has 0 spiro atoms. The SMILES string of the molecule is CC(C)C(N)=NC(=N)/C=C\C(N)=C(\C=NC1CCOCC1)C(=N)c1ccc(F)cc1F. The summed E-state index contributed by atoms with van der Waals surface area (Å²) in [7, 11) is 0. The van der Waals surface area contributed by atoms with Crippen LogP contribution in [0.1, 0.15) is 32.3 Å². The Morgan fingerprint density at radius 3 is 2.45 bits per heavy atom. The van der Waals surface area contributed by atoms with E-state index >= 15 is 0 Å². The van der Waals surface area contributed by atoms with E-state index in [1.54, 1.807) is 0 Å². The molecule has 1 aliphatic rings. The van der Waals surface area contributed by atoms with Crippen LogP contribution < -0.4 is 11.5 Å². The Labute approximate surface area is 180 Å². The van der Waals surface area contributed by atoms with Gasteiger partial charge in [-0.1, -0.05) is 13.8 Å². The molecular weight excluding hydrogens is 402 g/mol.